The van der Waals surface area contributed by atoms with E-state index in [0.717, 1.165) is 36.3 Å². The summed E-state index contributed by atoms with van der Waals surface area (Å²) >= 11 is 0. The summed E-state index contributed by atoms with van der Waals surface area (Å²) < 4.78 is 11.4. The van der Waals surface area contributed by atoms with Gasteiger partial charge in [-0.1, -0.05) is 12.1 Å². The molecule has 2 aromatic carbocycles. The van der Waals surface area contributed by atoms with Crippen molar-refractivity contribution < 1.29 is 9.47 Å². The first kappa shape index (κ1) is 21.8. The average molecular weight is 430 g/mol. The summed E-state index contributed by atoms with van der Waals surface area (Å²) in [6.07, 6.45) is 3.47. The number of ether oxygens (including phenoxy) is 2. The van der Waals surface area contributed by atoms with E-state index in [-0.39, 0.29) is 6.10 Å². The predicted molar refractivity (Wildman–Crippen MR) is 124 cm³/mol. The number of aromatic nitrogens is 2. The number of nitrogens with one attached hydrogen (secondary N) is 1. The minimum absolute atomic E-state index is 0.0832. The molecular formula is C25H27N5O2. The first-order chi connectivity index (χ1) is 15.6. The zero-order valence-electron chi connectivity index (χ0n) is 18.4. The summed E-state index contributed by atoms with van der Waals surface area (Å²) in [5.74, 6) is 1.11. The third-order valence-electron chi connectivity index (χ3n) is 5.20. The van der Waals surface area contributed by atoms with E-state index in [4.69, 9.17) is 9.47 Å². The van der Waals surface area contributed by atoms with Crippen LogP contribution in [0, 0.1) is 11.3 Å². The quantitative estimate of drug-likeness (QED) is 0.597. The summed E-state index contributed by atoms with van der Waals surface area (Å²) in [7, 11) is 4.09. The zero-order chi connectivity index (χ0) is 22.3. The van der Waals surface area contributed by atoms with Crippen LogP contribution in [0.3, 0.4) is 0 Å². The number of anilines is 2. The van der Waals surface area contributed by atoms with Crippen molar-refractivity contribution in [3.8, 4) is 23.1 Å². The van der Waals surface area contributed by atoms with Crippen LogP contribution < -0.4 is 10.1 Å². The standard InChI is InChI=1S/C25H27N5O2/c1-30(2)17-18-4-3-5-21(14-18)28-25-27-11-8-23(29-25)19-6-7-24(20(15-19)16-26)32-22-9-12-31-13-10-22/h3-8,11,14-15,22H,9-10,12-13,17H2,1-2H3,(H,27,28,29). The van der Waals surface area contributed by atoms with Gasteiger partial charge in [-0.25, -0.2) is 9.97 Å². The Morgan fingerprint density at radius 1 is 1.16 bits per heavy atom. The predicted octanol–water partition coefficient (Wildman–Crippen LogP) is 4.38. The van der Waals surface area contributed by atoms with E-state index < -0.39 is 0 Å². The second-order valence-corrected chi connectivity index (χ2v) is 8.08. The van der Waals surface area contributed by atoms with Gasteiger partial charge in [-0.2, -0.15) is 5.26 Å². The summed E-state index contributed by atoms with van der Waals surface area (Å²) in [4.78, 5) is 11.1. The zero-order valence-corrected chi connectivity index (χ0v) is 18.4. The lowest BCUT2D eigenvalue weighted by Crippen LogP contribution is -2.26. The molecule has 2 heterocycles. The number of benzene rings is 2. The van der Waals surface area contributed by atoms with Crippen LogP contribution in [0.5, 0.6) is 5.75 Å². The molecule has 0 saturated carbocycles. The van der Waals surface area contributed by atoms with Crippen molar-refractivity contribution in [1.82, 2.24) is 14.9 Å². The number of hydrogen-bond acceptors (Lipinski definition) is 7. The lowest BCUT2D eigenvalue weighted by atomic mass is 10.1. The largest absolute Gasteiger partial charge is 0.489 e. The number of rotatable bonds is 7. The van der Waals surface area contributed by atoms with Gasteiger partial charge in [0, 0.05) is 36.8 Å². The van der Waals surface area contributed by atoms with E-state index >= 15 is 0 Å². The molecule has 0 radical (unpaired) electrons. The normalized spacial score (nSPS) is 14.2. The molecule has 7 nitrogen and oxygen atoms in total. The fraction of sp³-hybridized carbons (Fsp3) is 0.320. The topological polar surface area (TPSA) is 83.3 Å². The highest BCUT2D eigenvalue weighted by Gasteiger charge is 2.17. The molecule has 0 unspecified atom stereocenters. The van der Waals surface area contributed by atoms with E-state index in [1.165, 1.54) is 5.56 Å². The highest BCUT2D eigenvalue weighted by atomic mass is 16.5. The fourth-order valence-electron chi connectivity index (χ4n) is 3.67. The molecule has 3 aromatic rings. The summed E-state index contributed by atoms with van der Waals surface area (Å²) in [6.45, 7) is 2.24. The molecule has 1 saturated heterocycles. The Morgan fingerprint density at radius 3 is 2.78 bits per heavy atom. The smallest absolute Gasteiger partial charge is 0.227 e. The van der Waals surface area contributed by atoms with Crippen molar-refractivity contribution in [2.75, 3.05) is 32.6 Å². The molecule has 1 aliphatic rings. The number of nitriles is 1. The number of nitrogens with zero attached hydrogens (tertiary/aromatic N) is 4. The highest BCUT2D eigenvalue weighted by Crippen LogP contribution is 2.28. The maximum absolute atomic E-state index is 9.65. The van der Waals surface area contributed by atoms with Crippen LogP contribution in [-0.4, -0.2) is 48.3 Å². The molecule has 164 valence electrons. The molecule has 7 heteroatoms. The molecule has 1 fully saturated rings. The number of hydrogen-bond donors (Lipinski definition) is 1. The van der Waals surface area contributed by atoms with Crippen LogP contribution in [0.15, 0.2) is 54.7 Å². The van der Waals surface area contributed by atoms with Crippen molar-refractivity contribution in [2.45, 2.75) is 25.5 Å². The van der Waals surface area contributed by atoms with Gasteiger partial charge < -0.3 is 19.7 Å². The molecule has 0 amide bonds. The van der Waals surface area contributed by atoms with Gasteiger partial charge in [-0.05, 0) is 56.1 Å². The first-order valence-electron chi connectivity index (χ1n) is 10.7. The van der Waals surface area contributed by atoms with Gasteiger partial charge in [-0.15, -0.1) is 0 Å². The van der Waals surface area contributed by atoms with E-state index in [0.29, 0.717) is 30.5 Å². The third kappa shape index (κ3) is 5.61. The summed E-state index contributed by atoms with van der Waals surface area (Å²) in [6, 6.07) is 17.9. The van der Waals surface area contributed by atoms with E-state index in [9.17, 15) is 5.26 Å². The van der Waals surface area contributed by atoms with Gasteiger partial charge in [0.15, 0.2) is 0 Å². The van der Waals surface area contributed by atoms with E-state index in [1.54, 1.807) is 6.20 Å². The van der Waals surface area contributed by atoms with E-state index in [2.05, 4.69) is 38.4 Å². The van der Waals surface area contributed by atoms with Crippen molar-refractivity contribution in [1.29, 1.82) is 5.26 Å². The molecule has 1 N–H and O–H groups in total. The van der Waals surface area contributed by atoms with Crippen molar-refractivity contribution >= 4 is 11.6 Å². The van der Waals surface area contributed by atoms with Gasteiger partial charge in [-0.3, -0.25) is 0 Å². The molecule has 32 heavy (non-hydrogen) atoms. The molecule has 4 rings (SSSR count). The Morgan fingerprint density at radius 2 is 2.00 bits per heavy atom. The molecule has 0 atom stereocenters. The Balaban J connectivity index is 1.52. The highest BCUT2D eigenvalue weighted by molar-refractivity contribution is 5.66. The van der Waals surface area contributed by atoms with Crippen molar-refractivity contribution in [3.05, 3.63) is 65.9 Å². The minimum atomic E-state index is 0.0832. The van der Waals surface area contributed by atoms with Crippen molar-refractivity contribution in [3.63, 3.8) is 0 Å². The van der Waals surface area contributed by atoms with Gasteiger partial charge in [0.05, 0.1) is 24.5 Å². The van der Waals surface area contributed by atoms with Crippen LogP contribution in [0.25, 0.3) is 11.3 Å². The van der Waals surface area contributed by atoms with Gasteiger partial charge >= 0.3 is 0 Å². The second-order valence-electron chi connectivity index (χ2n) is 8.08. The molecule has 0 aliphatic carbocycles. The summed E-state index contributed by atoms with van der Waals surface area (Å²) in [5, 5.41) is 12.9. The maximum Gasteiger partial charge on any atom is 0.227 e. The Kier molecular flexibility index (Phi) is 6.95. The Labute approximate surface area is 188 Å². The maximum atomic E-state index is 9.65. The molecule has 0 spiro atoms. The van der Waals surface area contributed by atoms with Crippen LogP contribution in [0.4, 0.5) is 11.6 Å². The van der Waals surface area contributed by atoms with E-state index in [1.807, 2.05) is 50.5 Å². The average Bonchev–Trinajstić information content (AvgIpc) is 2.80. The van der Waals surface area contributed by atoms with Crippen LogP contribution >= 0.6 is 0 Å². The van der Waals surface area contributed by atoms with Gasteiger partial charge in [0.1, 0.15) is 17.9 Å². The third-order valence-corrected chi connectivity index (χ3v) is 5.20. The molecule has 0 bridgehead atoms. The Bertz CT molecular complexity index is 1100. The van der Waals surface area contributed by atoms with Crippen LogP contribution in [0.1, 0.15) is 24.0 Å². The lowest BCUT2D eigenvalue weighted by molar-refractivity contribution is 0.0254. The van der Waals surface area contributed by atoms with Gasteiger partial charge in [0.2, 0.25) is 5.95 Å². The van der Waals surface area contributed by atoms with Crippen molar-refractivity contribution in [2.24, 2.45) is 0 Å². The fourth-order valence-corrected chi connectivity index (χ4v) is 3.67. The minimum Gasteiger partial charge on any atom is -0.489 e. The second kappa shape index (κ2) is 10.2. The van der Waals surface area contributed by atoms with Crippen LogP contribution in [0.2, 0.25) is 0 Å². The monoisotopic (exact) mass is 429 g/mol. The molecule has 1 aliphatic heterocycles. The first-order valence-corrected chi connectivity index (χ1v) is 10.7. The van der Waals surface area contributed by atoms with Crippen LogP contribution in [-0.2, 0) is 11.3 Å². The van der Waals surface area contributed by atoms with Gasteiger partial charge in [0.25, 0.3) is 0 Å². The lowest BCUT2D eigenvalue weighted by Gasteiger charge is -2.23. The SMILES string of the molecule is CN(C)Cc1cccc(Nc2nccc(-c3ccc(OC4CCOCC4)c(C#N)c3)n2)c1. The molecule has 1 aromatic heterocycles. The summed E-state index contributed by atoms with van der Waals surface area (Å²) in [5.41, 5.74) is 4.21. The molecular weight excluding hydrogens is 402 g/mol. The Hall–Kier alpha value is -3.47.